The Bertz CT molecular complexity index is 1350. The summed E-state index contributed by atoms with van der Waals surface area (Å²) in [6.45, 7) is 9.14. The molecule has 0 radical (unpaired) electrons. The highest BCUT2D eigenvalue weighted by atomic mass is 16.5. The van der Waals surface area contributed by atoms with Crippen molar-refractivity contribution in [3.63, 3.8) is 0 Å². The van der Waals surface area contributed by atoms with Crippen LogP contribution in [-0.4, -0.2) is 82.8 Å². The Morgan fingerprint density at radius 1 is 0.760 bits per heavy atom. The fourth-order valence-electron chi connectivity index (χ4n) is 9.51. The van der Waals surface area contributed by atoms with Gasteiger partial charge in [-0.15, -0.1) is 0 Å². The van der Waals surface area contributed by atoms with Crippen molar-refractivity contribution in [1.82, 2.24) is 20.9 Å². The molecule has 0 unspecified atom stereocenters. The van der Waals surface area contributed by atoms with Crippen molar-refractivity contribution in [2.75, 3.05) is 13.2 Å². The minimum atomic E-state index is -0.236. The second-order valence-corrected chi connectivity index (χ2v) is 15.8. The molecule has 3 N–H and O–H groups in total. The molecule has 6 rings (SSSR count). The van der Waals surface area contributed by atoms with Gasteiger partial charge in [-0.3, -0.25) is 9.89 Å². The van der Waals surface area contributed by atoms with E-state index in [2.05, 4.69) is 39.3 Å². The van der Waals surface area contributed by atoms with Crippen LogP contribution in [0.15, 0.2) is 27.5 Å². The molecular formula is C40H65N6O4+. The molecule has 0 aromatic rings. The second kappa shape index (κ2) is 17.5. The average Bonchev–Trinajstić information content (AvgIpc) is 3.71. The molecule has 0 spiro atoms. The average molecular weight is 694 g/mol. The van der Waals surface area contributed by atoms with Crippen molar-refractivity contribution in [1.29, 1.82) is 0 Å². The number of unbranched alkanes of at least 4 members (excludes halogenated alkanes) is 9. The first-order valence-electron chi connectivity index (χ1n) is 20.5. The van der Waals surface area contributed by atoms with Gasteiger partial charge in [-0.1, -0.05) is 78.1 Å². The standard InChI is InChI=1S/C40H64N6O4/c1-5-7-9-11-13-17-29-25-31-19-21-33-35(27(3)41-39(43-29)45(31)33)37(47)49-23-15-16-24-50-38(48)36-28(4)42-40-44-30(18-14-12-10-8-6-2)26-32-20-22-34(36)46(32)40/h29-34H,5-26H2,1-4H3,(H2,41,42,43,44,47,48)/p+1/t29-,30-,31+,32+,33-,34-/m0/s1. The smallest absolute Gasteiger partial charge is 0.351 e. The molecule has 10 nitrogen and oxygen atoms in total. The number of hydrogen-bond acceptors (Lipinski definition) is 9. The largest absolute Gasteiger partial charge is 0.462 e. The first-order valence-corrected chi connectivity index (χ1v) is 20.5. The monoisotopic (exact) mass is 694 g/mol. The Morgan fingerprint density at radius 3 is 2.14 bits per heavy atom. The minimum absolute atomic E-state index is 0.0454. The molecule has 0 aromatic carbocycles. The van der Waals surface area contributed by atoms with Crippen LogP contribution in [0.5, 0.6) is 0 Å². The zero-order valence-electron chi connectivity index (χ0n) is 31.5. The third-order valence-corrected chi connectivity index (χ3v) is 12.1. The fraction of sp³-hybridized carbons (Fsp3) is 0.800. The molecule has 278 valence electrons. The van der Waals surface area contributed by atoms with Gasteiger partial charge >= 0.3 is 17.9 Å². The normalized spacial score (nSPS) is 28.1. The van der Waals surface area contributed by atoms with Gasteiger partial charge in [-0.05, 0) is 71.6 Å². The van der Waals surface area contributed by atoms with E-state index >= 15 is 0 Å². The minimum Gasteiger partial charge on any atom is -0.462 e. The van der Waals surface area contributed by atoms with Crippen LogP contribution in [-0.2, 0) is 19.1 Å². The Labute approximate surface area is 301 Å². The molecule has 50 heavy (non-hydrogen) atoms. The van der Waals surface area contributed by atoms with Crippen LogP contribution in [0.4, 0.5) is 0 Å². The van der Waals surface area contributed by atoms with Crippen LogP contribution in [0, 0.1) is 0 Å². The maximum Gasteiger partial charge on any atom is 0.351 e. The number of rotatable bonds is 19. The highest BCUT2D eigenvalue weighted by Gasteiger charge is 2.49. The van der Waals surface area contributed by atoms with Gasteiger partial charge < -0.3 is 19.7 Å². The van der Waals surface area contributed by atoms with E-state index in [9.17, 15) is 9.59 Å². The van der Waals surface area contributed by atoms with E-state index < -0.39 is 0 Å². The van der Waals surface area contributed by atoms with Crippen LogP contribution in [0.2, 0.25) is 0 Å². The number of nitrogens with zero attached hydrogens (tertiary/aromatic N) is 3. The molecule has 10 heteroatoms. The van der Waals surface area contributed by atoms with E-state index in [1.54, 1.807) is 0 Å². The summed E-state index contributed by atoms with van der Waals surface area (Å²) < 4.78 is 14.0. The summed E-state index contributed by atoms with van der Waals surface area (Å²) >= 11 is 0. The number of hydrogen-bond donors (Lipinski definition) is 3. The van der Waals surface area contributed by atoms with E-state index in [0.717, 1.165) is 79.4 Å². The van der Waals surface area contributed by atoms with Crippen molar-refractivity contribution in [2.45, 2.75) is 192 Å². The fourth-order valence-corrected chi connectivity index (χ4v) is 9.51. The maximum atomic E-state index is 13.4. The first-order chi connectivity index (χ1) is 24.4. The molecular weight excluding hydrogens is 628 g/mol. The zero-order valence-corrected chi connectivity index (χ0v) is 31.5. The number of ether oxygens (including phenoxy) is 2. The lowest BCUT2D eigenvalue weighted by atomic mass is 9.97. The van der Waals surface area contributed by atoms with Gasteiger partial charge in [-0.2, -0.15) is 0 Å². The van der Waals surface area contributed by atoms with E-state index in [-0.39, 0.29) is 24.0 Å². The summed E-state index contributed by atoms with van der Waals surface area (Å²) in [6, 6.07) is 1.91. The van der Waals surface area contributed by atoms with Gasteiger partial charge in [0.25, 0.3) is 0 Å². The molecule has 6 aliphatic rings. The Hall–Kier alpha value is -3.04. The highest BCUT2D eigenvalue weighted by molar-refractivity contribution is 5.96. The third kappa shape index (κ3) is 8.36. The summed E-state index contributed by atoms with van der Waals surface area (Å²) in [5, 5.41) is 10.8. The van der Waals surface area contributed by atoms with E-state index in [1.165, 1.54) is 70.6 Å². The number of carbonyl (C=O) groups excluding carboxylic acids is 2. The lowest BCUT2D eigenvalue weighted by Gasteiger charge is -2.42. The van der Waals surface area contributed by atoms with Crippen LogP contribution in [0.25, 0.3) is 0 Å². The number of allylic oxidation sites excluding steroid dienone is 2. The summed E-state index contributed by atoms with van der Waals surface area (Å²) in [5.74, 6) is 1.57. The van der Waals surface area contributed by atoms with Crippen molar-refractivity contribution in [2.24, 2.45) is 4.99 Å². The predicted octanol–water partition coefficient (Wildman–Crippen LogP) is 6.55. The summed E-state index contributed by atoms with van der Waals surface area (Å²) in [5.41, 5.74) is 3.29. The van der Waals surface area contributed by atoms with E-state index in [4.69, 9.17) is 14.5 Å². The number of aliphatic imine (C=N–C) groups is 1. The molecule has 0 saturated carbocycles. The molecule has 6 atom stereocenters. The molecule has 0 aliphatic carbocycles. The van der Waals surface area contributed by atoms with Gasteiger partial charge in [0.2, 0.25) is 0 Å². The van der Waals surface area contributed by atoms with E-state index in [0.29, 0.717) is 50.2 Å². The summed E-state index contributed by atoms with van der Waals surface area (Å²) in [4.78, 5) is 34.2. The van der Waals surface area contributed by atoms with E-state index in [1.807, 2.05) is 13.8 Å². The van der Waals surface area contributed by atoms with Crippen molar-refractivity contribution in [3.05, 3.63) is 22.5 Å². The second-order valence-electron chi connectivity index (χ2n) is 15.8. The van der Waals surface area contributed by atoms with Gasteiger partial charge in [-0.25, -0.2) is 19.9 Å². The molecule has 0 aromatic heterocycles. The summed E-state index contributed by atoms with van der Waals surface area (Å²) in [7, 11) is 0. The third-order valence-electron chi connectivity index (χ3n) is 12.1. The summed E-state index contributed by atoms with van der Waals surface area (Å²) in [6.07, 6.45) is 23.0. The Morgan fingerprint density at radius 2 is 1.42 bits per heavy atom. The van der Waals surface area contributed by atoms with Gasteiger partial charge in [0.05, 0.1) is 48.7 Å². The quantitative estimate of drug-likeness (QED) is 0.0795. The molecule has 0 amide bonds. The maximum absolute atomic E-state index is 13.4. The topological polar surface area (TPSA) is 107 Å². The molecule has 2 fully saturated rings. The molecule has 6 heterocycles. The van der Waals surface area contributed by atoms with Crippen molar-refractivity contribution in [3.8, 4) is 0 Å². The van der Waals surface area contributed by atoms with Gasteiger partial charge in [0.1, 0.15) is 11.6 Å². The Kier molecular flexibility index (Phi) is 12.8. The zero-order chi connectivity index (χ0) is 35.0. The first kappa shape index (κ1) is 36.7. The number of esters is 2. The SMILES string of the molecule is CCCCCCC[C@H]1C[C@H]2CC[C@H]3C(C(=O)OCCCCOC(=O)C4=C(C)NC5=[N+]6[C@H](CC[C@@H]46)C[C@H](CCCCCCC)N5)=C(C)NC(=N1)N23. The van der Waals surface area contributed by atoms with Crippen molar-refractivity contribution < 1.29 is 23.6 Å². The van der Waals surface area contributed by atoms with Crippen LogP contribution < -0.4 is 16.0 Å². The van der Waals surface area contributed by atoms with Gasteiger partial charge in [0.15, 0.2) is 5.96 Å². The number of carbonyl (C=O) groups is 2. The lowest BCUT2D eigenvalue weighted by Crippen LogP contribution is -2.59. The highest BCUT2D eigenvalue weighted by Crippen LogP contribution is 2.39. The van der Waals surface area contributed by atoms with Gasteiger partial charge in [0, 0.05) is 18.2 Å². The van der Waals surface area contributed by atoms with Crippen LogP contribution in [0.1, 0.15) is 156 Å². The predicted molar refractivity (Wildman–Crippen MR) is 198 cm³/mol. The molecule has 0 bridgehead atoms. The molecule has 2 saturated heterocycles. The van der Waals surface area contributed by atoms with Crippen LogP contribution in [0.3, 0.4) is 0 Å². The van der Waals surface area contributed by atoms with Crippen molar-refractivity contribution >= 4 is 23.9 Å². The number of nitrogens with one attached hydrogen (secondary N) is 3. The molecule has 6 aliphatic heterocycles. The Balaban J connectivity index is 0.923. The lowest BCUT2D eigenvalue weighted by molar-refractivity contribution is -0.580. The van der Waals surface area contributed by atoms with Crippen LogP contribution >= 0.6 is 0 Å². The number of guanidine groups is 2.